The van der Waals surface area contributed by atoms with Crippen molar-refractivity contribution < 1.29 is 28.6 Å². The van der Waals surface area contributed by atoms with E-state index in [9.17, 15) is 14.4 Å². The lowest BCUT2D eigenvalue weighted by Crippen LogP contribution is -2.30. The van der Waals surface area contributed by atoms with Crippen LogP contribution in [0.2, 0.25) is 0 Å². The lowest BCUT2D eigenvalue weighted by molar-refractivity contribution is -0.167. The summed E-state index contributed by atoms with van der Waals surface area (Å²) in [6.07, 6.45) is 77.2. The molecule has 0 fully saturated rings. The maximum Gasteiger partial charge on any atom is 0.306 e. The number of rotatable bonds is 47. The Labute approximate surface area is 417 Å². The summed E-state index contributed by atoms with van der Waals surface area (Å²) in [6.45, 7) is 6.30. The van der Waals surface area contributed by atoms with E-state index in [2.05, 4.69) is 154 Å². The van der Waals surface area contributed by atoms with Gasteiger partial charge >= 0.3 is 17.9 Å². The quantitative estimate of drug-likeness (QED) is 0.0262. The standard InChI is InChI=1S/C62H98O6/c1-4-7-10-13-16-19-22-25-28-31-34-37-40-43-46-49-52-55-61(64)67-58-59(57-66-60(63)54-51-48-45-42-39-36-33-30-27-24-21-18-15-12-9-6-3)68-62(65)56-53-50-47-44-41-38-35-32-29-26-23-20-17-14-11-8-5-2/h7-8,10-11,16-17,19-21,24-26,28-30,33-35,37-38,43,46,59H,4-6,9,12-15,18,22-23,27,31-32,36,39-42,44-45,47-58H2,1-3H3/b10-7-,11-8-,19-16-,20-17-,24-21-,28-25-,29-26-,33-30-,37-34-,38-35-,46-43-. The maximum atomic E-state index is 12.8. The van der Waals surface area contributed by atoms with Crippen LogP contribution in [0.25, 0.3) is 0 Å². The van der Waals surface area contributed by atoms with E-state index in [1.54, 1.807) is 0 Å². The molecule has 0 aromatic rings. The summed E-state index contributed by atoms with van der Waals surface area (Å²) in [6, 6.07) is 0. The molecule has 0 saturated carbocycles. The highest BCUT2D eigenvalue weighted by Gasteiger charge is 2.19. The average Bonchev–Trinajstić information content (AvgIpc) is 3.34. The zero-order chi connectivity index (χ0) is 49.3. The minimum Gasteiger partial charge on any atom is -0.462 e. The SMILES string of the molecule is CC/C=C\C/C=C\C/C=C\C/C=C\C/C=C\CCCC(=O)OCC(COC(=O)CCCCCCC/C=C\C/C=C\CCCCCC)OC(=O)CCCCCC/C=C\C/C=C\C/C=C\C/C=C\CC. The number of hydrogen-bond acceptors (Lipinski definition) is 6. The van der Waals surface area contributed by atoms with Gasteiger partial charge in [-0.15, -0.1) is 0 Å². The second-order valence-corrected chi connectivity index (χ2v) is 17.4. The van der Waals surface area contributed by atoms with Gasteiger partial charge < -0.3 is 14.2 Å². The number of esters is 3. The lowest BCUT2D eigenvalue weighted by Gasteiger charge is -2.18. The first-order valence-corrected chi connectivity index (χ1v) is 27.2. The molecule has 0 N–H and O–H groups in total. The van der Waals surface area contributed by atoms with Crippen LogP contribution in [-0.2, 0) is 28.6 Å². The minimum atomic E-state index is -0.825. The van der Waals surface area contributed by atoms with Gasteiger partial charge in [0.2, 0.25) is 0 Å². The van der Waals surface area contributed by atoms with Crippen molar-refractivity contribution >= 4 is 17.9 Å². The largest absolute Gasteiger partial charge is 0.462 e. The molecule has 0 radical (unpaired) electrons. The van der Waals surface area contributed by atoms with E-state index in [4.69, 9.17) is 14.2 Å². The van der Waals surface area contributed by atoms with Crippen molar-refractivity contribution in [3.8, 4) is 0 Å². The second-order valence-electron chi connectivity index (χ2n) is 17.4. The topological polar surface area (TPSA) is 78.9 Å². The number of carbonyl (C=O) groups excluding carboxylic acids is 3. The van der Waals surface area contributed by atoms with Crippen LogP contribution in [0.5, 0.6) is 0 Å². The first-order valence-electron chi connectivity index (χ1n) is 27.2. The summed E-state index contributed by atoms with van der Waals surface area (Å²) in [5.74, 6) is -1.02. The highest BCUT2D eigenvalue weighted by Crippen LogP contribution is 2.12. The van der Waals surface area contributed by atoms with Crippen LogP contribution in [0.15, 0.2) is 134 Å². The lowest BCUT2D eigenvalue weighted by atomic mass is 10.1. The van der Waals surface area contributed by atoms with E-state index in [0.29, 0.717) is 12.8 Å². The van der Waals surface area contributed by atoms with Crippen LogP contribution in [0.1, 0.15) is 220 Å². The van der Waals surface area contributed by atoms with Crippen LogP contribution in [-0.4, -0.2) is 37.2 Å². The fraction of sp³-hybridized carbons (Fsp3) is 0.597. The Morgan fingerprint density at radius 1 is 0.309 bits per heavy atom. The summed E-state index contributed by atoms with van der Waals surface area (Å²) in [5, 5.41) is 0. The molecule has 1 unspecified atom stereocenters. The van der Waals surface area contributed by atoms with Crippen LogP contribution in [0, 0.1) is 0 Å². The molecule has 0 aliphatic heterocycles. The maximum absolute atomic E-state index is 12.8. The fourth-order valence-corrected chi connectivity index (χ4v) is 6.85. The molecule has 0 rings (SSSR count). The smallest absolute Gasteiger partial charge is 0.306 e. The number of carbonyl (C=O) groups is 3. The summed E-state index contributed by atoms with van der Waals surface area (Å²) in [4.78, 5) is 38.1. The molecule has 0 bridgehead atoms. The van der Waals surface area contributed by atoms with Crippen LogP contribution >= 0.6 is 0 Å². The predicted molar refractivity (Wildman–Crippen MR) is 292 cm³/mol. The van der Waals surface area contributed by atoms with Crippen LogP contribution < -0.4 is 0 Å². The molecule has 0 aromatic heterocycles. The van der Waals surface area contributed by atoms with Gasteiger partial charge in [0, 0.05) is 19.3 Å². The molecule has 0 heterocycles. The molecule has 0 amide bonds. The number of hydrogen-bond donors (Lipinski definition) is 0. The summed E-state index contributed by atoms with van der Waals surface area (Å²) in [7, 11) is 0. The molecule has 0 spiro atoms. The monoisotopic (exact) mass is 939 g/mol. The summed E-state index contributed by atoms with van der Waals surface area (Å²) < 4.78 is 16.8. The van der Waals surface area contributed by atoms with E-state index in [0.717, 1.165) is 141 Å². The Balaban J connectivity index is 4.58. The Bertz CT molecular complexity index is 1500. The Morgan fingerprint density at radius 2 is 0.588 bits per heavy atom. The van der Waals surface area contributed by atoms with Crippen molar-refractivity contribution in [3.05, 3.63) is 134 Å². The van der Waals surface area contributed by atoms with E-state index in [1.807, 2.05) is 0 Å². The van der Waals surface area contributed by atoms with Gasteiger partial charge in [-0.1, -0.05) is 206 Å². The molecule has 6 nitrogen and oxygen atoms in total. The molecule has 0 saturated heterocycles. The molecule has 68 heavy (non-hydrogen) atoms. The van der Waals surface area contributed by atoms with Gasteiger partial charge in [-0.2, -0.15) is 0 Å². The molecule has 382 valence electrons. The van der Waals surface area contributed by atoms with Gasteiger partial charge in [-0.25, -0.2) is 0 Å². The molecule has 0 aliphatic rings. The Kier molecular flexibility index (Phi) is 51.5. The number of unbranched alkanes of at least 4 members (excludes halogenated alkanes) is 14. The molecule has 0 aliphatic carbocycles. The van der Waals surface area contributed by atoms with Crippen molar-refractivity contribution in [2.75, 3.05) is 13.2 Å². The summed E-state index contributed by atoms with van der Waals surface area (Å²) >= 11 is 0. The highest BCUT2D eigenvalue weighted by molar-refractivity contribution is 5.71. The van der Waals surface area contributed by atoms with E-state index >= 15 is 0 Å². The van der Waals surface area contributed by atoms with Crippen molar-refractivity contribution in [1.82, 2.24) is 0 Å². The zero-order valence-electron chi connectivity index (χ0n) is 43.6. The molecular formula is C62H98O6. The van der Waals surface area contributed by atoms with Gasteiger partial charge in [0.05, 0.1) is 0 Å². The Hall–Kier alpha value is -4.45. The predicted octanol–water partition coefficient (Wildman–Crippen LogP) is 18.3. The van der Waals surface area contributed by atoms with Crippen molar-refractivity contribution in [3.63, 3.8) is 0 Å². The van der Waals surface area contributed by atoms with Crippen molar-refractivity contribution in [2.24, 2.45) is 0 Å². The molecule has 6 heteroatoms. The first-order chi connectivity index (χ1) is 33.5. The van der Waals surface area contributed by atoms with Crippen LogP contribution in [0.4, 0.5) is 0 Å². The van der Waals surface area contributed by atoms with Gasteiger partial charge in [-0.3, -0.25) is 14.4 Å². The van der Waals surface area contributed by atoms with Gasteiger partial charge in [0.25, 0.3) is 0 Å². The average molecular weight is 939 g/mol. The van der Waals surface area contributed by atoms with Crippen LogP contribution in [0.3, 0.4) is 0 Å². The first kappa shape index (κ1) is 63.5. The van der Waals surface area contributed by atoms with E-state index in [1.165, 1.54) is 32.1 Å². The minimum absolute atomic E-state index is 0.118. The Morgan fingerprint density at radius 3 is 0.956 bits per heavy atom. The van der Waals surface area contributed by atoms with Gasteiger partial charge in [0.1, 0.15) is 13.2 Å². The van der Waals surface area contributed by atoms with Gasteiger partial charge in [-0.05, 0) is 128 Å². The fourth-order valence-electron chi connectivity index (χ4n) is 6.85. The second kappa shape index (κ2) is 55.1. The zero-order valence-corrected chi connectivity index (χ0v) is 43.6. The third-order valence-electron chi connectivity index (χ3n) is 10.9. The third-order valence-corrected chi connectivity index (χ3v) is 10.9. The van der Waals surface area contributed by atoms with Crippen molar-refractivity contribution in [1.29, 1.82) is 0 Å². The molecular weight excluding hydrogens is 841 g/mol. The molecule has 0 aromatic carbocycles. The number of ether oxygens (including phenoxy) is 3. The number of allylic oxidation sites excluding steroid dienone is 22. The highest BCUT2D eigenvalue weighted by atomic mass is 16.6. The van der Waals surface area contributed by atoms with E-state index < -0.39 is 6.10 Å². The van der Waals surface area contributed by atoms with Crippen molar-refractivity contribution in [2.45, 2.75) is 226 Å². The normalized spacial score (nSPS) is 13.2. The van der Waals surface area contributed by atoms with E-state index in [-0.39, 0.29) is 44.0 Å². The molecule has 1 atom stereocenters. The third kappa shape index (κ3) is 52.5. The summed E-state index contributed by atoms with van der Waals surface area (Å²) in [5.41, 5.74) is 0. The van der Waals surface area contributed by atoms with Gasteiger partial charge in [0.15, 0.2) is 6.10 Å².